The molecule has 2 rings (SSSR count). The number of carbonyl (C=O) groups is 1. The summed E-state index contributed by atoms with van der Waals surface area (Å²) in [7, 11) is 1.85. The van der Waals surface area contributed by atoms with Gasteiger partial charge in [-0.2, -0.15) is 10.1 Å². The molecule has 0 saturated heterocycles. The Morgan fingerprint density at radius 1 is 1.65 bits per heavy atom. The maximum atomic E-state index is 10.5. The van der Waals surface area contributed by atoms with Crippen molar-refractivity contribution in [1.82, 2.24) is 14.8 Å². The van der Waals surface area contributed by atoms with Gasteiger partial charge in [-0.1, -0.05) is 0 Å². The van der Waals surface area contributed by atoms with Crippen LogP contribution >= 0.6 is 0 Å². The number of anilines is 1. The van der Waals surface area contributed by atoms with Crippen LogP contribution in [-0.4, -0.2) is 32.4 Å². The number of nitrogens with one attached hydrogen (secondary N) is 1. The zero-order chi connectivity index (χ0) is 12.3. The lowest BCUT2D eigenvalue weighted by molar-refractivity contribution is 0.0690. The fourth-order valence-electron chi connectivity index (χ4n) is 1.35. The Kier molecular flexibility index (Phi) is 3.08. The normalized spacial score (nSPS) is 10.4. The van der Waals surface area contributed by atoms with E-state index in [1.807, 2.05) is 19.3 Å². The van der Waals surface area contributed by atoms with Gasteiger partial charge in [0.2, 0.25) is 0 Å². The molecule has 0 atom stereocenters. The third kappa shape index (κ3) is 2.83. The second-order valence-electron chi connectivity index (χ2n) is 3.50. The number of aromatic nitrogens is 3. The lowest BCUT2D eigenvalue weighted by atomic mass is 10.3. The number of nitrogens with zero attached hydrogens (tertiary/aromatic N) is 3. The van der Waals surface area contributed by atoms with Gasteiger partial charge < -0.3 is 14.8 Å². The highest BCUT2D eigenvalue weighted by atomic mass is 16.4. The Hall–Kier alpha value is -2.31. The number of hydrogen-bond donors (Lipinski definition) is 2. The number of carboxylic acids is 1. The van der Waals surface area contributed by atoms with E-state index >= 15 is 0 Å². The van der Waals surface area contributed by atoms with Gasteiger partial charge in [0.1, 0.15) is 6.26 Å². The van der Waals surface area contributed by atoms with Gasteiger partial charge in [0.25, 0.3) is 6.01 Å². The molecule has 90 valence electrons. The van der Waals surface area contributed by atoms with Crippen LogP contribution in [0.25, 0.3) is 0 Å². The summed E-state index contributed by atoms with van der Waals surface area (Å²) < 4.78 is 6.67. The van der Waals surface area contributed by atoms with E-state index in [0.29, 0.717) is 13.0 Å². The molecule has 17 heavy (non-hydrogen) atoms. The Morgan fingerprint density at radius 3 is 3.06 bits per heavy atom. The Balaban J connectivity index is 1.83. The molecule has 0 spiro atoms. The van der Waals surface area contributed by atoms with E-state index in [-0.39, 0.29) is 11.7 Å². The van der Waals surface area contributed by atoms with E-state index < -0.39 is 5.97 Å². The molecule has 0 aliphatic carbocycles. The van der Waals surface area contributed by atoms with Crippen LogP contribution < -0.4 is 5.32 Å². The summed E-state index contributed by atoms with van der Waals surface area (Å²) in [5.74, 6) is -1.11. The number of carboxylic acid groups (broad SMARTS) is 1. The molecule has 0 aliphatic heterocycles. The molecule has 2 N–H and O–H groups in total. The maximum absolute atomic E-state index is 10.5. The zero-order valence-corrected chi connectivity index (χ0v) is 9.25. The van der Waals surface area contributed by atoms with Gasteiger partial charge in [0.05, 0.1) is 5.69 Å². The van der Waals surface area contributed by atoms with E-state index in [0.717, 1.165) is 12.0 Å². The summed E-state index contributed by atoms with van der Waals surface area (Å²) >= 11 is 0. The maximum Gasteiger partial charge on any atom is 0.357 e. The minimum absolute atomic E-state index is 0.106. The van der Waals surface area contributed by atoms with Gasteiger partial charge in [0, 0.05) is 26.2 Å². The second kappa shape index (κ2) is 4.69. The van der Waals surface area contributed by atoms with Gasteiger partial charge in [-0.05, 0) is 6.07 Å². The third-order valence-electron chi connectivity index (χ3n) is 2.15. The predicted molar refractivity (Wildman–Crippen MR) is 58.9 cm³/mol. The fourth-order valence-corrected chi connectivity index (χ4v) is 1.35. The van der Waals surface area contributed by atoms with Crippen molar-refractivity contribution in [2.75, 3.05) is 11.9 Å². The van der Waals surface area contributed by atoms with E-state index in [4.69, 9.17) is 9.52 Å². The van der Waals surface area contributed by atoms with Gasteiger partial charge in [0.15, 0.2) is 5.69 Å². The minimum Gasteiger partial charge on any atom is -0.476 e. The lowest BCUT2D eigenvalue weighted by Crippen LogP contribution is -2.06. The van der Waals surface area contributed by atoms with Crippen LogP contribution in [0.2, 0.25) is 0 Å². The van der Waals surface area contributed by atoms with E-state index in [1.165, 1.54) is 0 Å². The number of aryl methyl sites for hydroxylation is 1. The quantitative estimate of drug-likeness (QED) is 0.796. The van der Waals surface area contributed by atoms with Crippen molar-refractivity contribution in [1.29, 1.82) is 0 Å². The SMILES string of the molecule is Cn1ccc(CCNc2nc(C(=O)O)co2)n1. The molecule has 0 amide bonds. The first-order chi connectivity index (χ1) is 8.15. The van der Waals surface area contributed by atoms with Crippen molar-refractivity contribution in [3.05, 3.63) is 29.9 Å². The van der Waals surface area contributed by atoms with E-state index in [1.54, 1.807) is 4.68 Å². The summed E-state index contributed by atoms with van der Waals surface area (Å²) in [5, 5.41) is 15.7. The highest BCUT2D eigenvalue weighted by molar-refractivity contribution is 5.85. The first kappa shape index (κ1) is 11.2. The van der Waals surface area contributed by atoms with Crippen LogP contribution in [0, 0.1) is 0 Å². The van der Waals surface area contributed by atoms with Gasteiger partial charge in [-0.15, -0.1) is 0 Å². The van der Waals surface area contributed by atoms with Gasteiger partial charge in [-0.3, -0.25) is 4.68 Å². The first-order valence-corrected chi connectivity index (χ1v) is 5.06. The standard InChI is InChI=1S/C10H12N4O3/c1-14-5-3-7(13-14)2-4-11-10-12-8(6-17-10)9(15)16/h3,5-6H,2,4H2,1H3,(H,11,12)(H,15,16). The Bertz CT molecular complexity index is 517. The summed E-state index contributed by atoms with van der Waals surface area (Å²) in [6, 6.07) is 2.12. The minimum atomic E-state index is -1.11. The van der Waals surface area contributed by atoms with Crippen molar-refractivity contribution in [2.45, 2.75) is 6.42 Å². The van der Waals surface area contributed by atoms with Gasteiger partial charge >= 0.3 is 5.97 Å². The molecule has 0 fully saturated rings. The molecule has 7 nitrogen and oxygen atoms in total. The van der Waals surface area contributed by atoms with Crippen LogP contribution in [0.3, 0.4) is 0 Å². The molecule has 0 radical (unpaired) electrons. The average molecular weight is 236 g/mol. The number of hydrogen-bond acceptors (Lipinski definition) is 5. The van der Waals surface area contributed by atoms with Crippen molar-refractivity contribution in [3.63, 3.8) is 0 Å². The number of oxazole rings is 1. The van der Waals surface area contributed by atoms with E-state index in [9.17, 15) is 4.79 Å². The molecule has 2 aromatic heterocycles. The molecule has 2 heterocycles. The van der Waals surface area contributed by atoms with Crippen LogP contribution in [0.5, 0.6) is 0 Å². The van der Waals surface area contributed by atoms with Crippen LogP contribution in [0.1, 0.15) is 16.2 Å². The Labute approximate surface area is 97.1 Å². The topological polar surface area (TPSA) is 93.2 Å². The molecule has 7 heteroatoms. The third-order valence-corrected chi connectivity index (χ3v) is 2.15. The van der Waals surface area contributed by atoms with Crippen molar-refractivity contribution in [2.24, 2.45) is 7.05 Å². The predicted octanol–water partition coefficient (Wildman–Crippen LogP) is 0.761. The summed E-state index contributed by atoms with van der Waals surface area (Å²) in [6.07, 6.45) is 3.68. The number of aromatic carboxylic acids is 1. The van der Waals surface area contributed by atoms with Gasteiger partial charge in [-0.25, -0.2) is 4.79 Å². The number of rotatable bonds is 5. The zero-order valence-electron chi connectivity index (χ0n) is 9.25. The first-order valence-electron chi connectivity index (χ1n) is 5.06. The average Bonchev–Trinajstić information content (AvgIpc) is 2.88. The summed E-state index contributed by atoms with van der Waals surface area (Å²) in [6.45, 7) is 0.580. The second-order valence-corrected chi connectivity index (χ2v) is 3.50. The molecule has 0 saturated carbocycles. The highest BCUT2D eigenvalue weighted by Crippen LogP contribution is 2.07. The van der Waals surface area contributed by atoms with Crippen LogP contribution in [0.15, 0.2) is 22.9 Å². The molecule has 0 aromatic carbocycles. The molecular weight excluding hydrogens is 224 g/mol. The molecule has 0 bridgehead atoms. The smallest absolute Gasteiger partial charge is 0.357 e. The van der Waals surface area contributed by atoms with Crippen molar-refractivity contribution >= 4 is 12.0 Å². The Morgan fingerprint density at radius 2 is 2.47 bits per heavy atom. The summed E-state index contributed by atoms with van der Waals surface area (Å²) in [5.41, 5.74) is 0.843. The molecule has 0 aliphatic rings. The van der Waals surface area contributed by atoms with Crippen LogP contribution in [0.4, 0.5) is 6.01 Å². The van der Waals surface area contributed by atoms with Crippen molar-refractivity contribution in [3.8, 4) is 0 Å². The molecule has 2 aromatic rings. The van der Waals surface area contributed by atoms with E-state index in [2.05, 4.69) is 15.4 Å². The largest absolute Gasteiger partial charge is 0.476 e. The van der Waals surface area contributed by atoms with Crippen LogP contribution in [-0.2, 0) is 13.5 Å². The molecular formula is C10H12N4O3. The lowest BCUT2D eigenvalue weighted by Gasteiger charge is -1.98. The van der Waals surface area contributed by atoms with Crippen molar-refractivity contribution < 1.29 is 14.3 Å². The highest BCUT2D eigenvalue weighted by Gasteiger charge is 2.09. The fraction of sp³-hybridized carbons (Fsp3) is 0.300. The molecule has 0 unspecified atom stereocenters. The summed E-state index contributed by atoms with van der Waals surface area (Å²) in [4.78, 5) is 14.3. The monoisotopic (exact) mass is 236 g/mol.